The summed E-state index contributed by atoms with van der Waals surface area (Å²) in [4.78, 5) is 28.9. The number of thiazole rings is 1. The number of para-hydroxylation sites is 1. The second-order valence-electron chi connectivity index (χ2n) is 5.96. The summed E-state index contributed by atoms with van der Waals surface area (Å²) in [6, 6.07) is 17.0. The highest BCUT2D eigenvalue weighted by Gasteiger charge is 2.20. The molecule has 0 unspecified atom stereocenters. The molecule has 0 N–H and O–H groups in total. The van der Waals surface area contributed by atoms with Gasteiger partial charge >= 0.3 is 5.97 Å². The molecule has 2 aromatic heterocycles. The van der Waals surface area contributed by atoms with Gasteiger partial charge in [0.05, 0.1) is 0 Å². The zero-order chi connectivity index (χ0) is 18.8. The number of ketones is 1. The number of carbonyl (C=O) groups excluding carboxylic acids is 2. The van der Waals surface area contributed by atoms with Crippen molar-refractivity contribution in [1.82, 2.24) is 4.98 Å². The van der Waals surface area contributed by atoms with Gasteiger partial charge in [0, 0.05) is 21.9 Å². The first-order valence-electron chi connectivity index (χ1n) is 8.33. The highest BCUT2D eigenvalue weighted by Crippen LogP contribution is 2.26. The normalized spacial score (nSPS) is 10.9. The summed E-state index contributed by atoms with van der Waals surface area (Å²) < 4.78 is 10.7. The second kappa shape index (κ2) is 7.17. The number of furan rings is 1. The maximum Gasteiger partial charge on any atom is 0.358 e. The van der Waals surface area contributed by atoms with Gasteiger partial charge in [-0.05, 0) is 13.0 Å². The van der Waals surface area contributed by atoms with Gasteiger partial charge in [-0.3, -0.25) is 4.79 Å². The Bertz CT molecular complexity index is 1130. The maximum atomic E-state index is 12.4. The molecule has 0 aliphatic heterocycles. The minimum atomic E-state index is -0.629. The Morgan fingerprint density at radius 3 is 2.59 bits per heavy atom. The van der Waals surface area contributed by atoms with E-state index in [0.29, 0.717) is 5.58 Å². The Morgan fingerprint density at radius 2 is 1.81 bits per heavy atom. The summed E-state index contributed by atoms with van der Waals surface area (Å²) in [5, 5.41) is 3.22. The molecular weight excluding hydrogens is 362 g/mol. The molecule has 0 bridgehead atoms. The lowest BCUT2D eigenvalue weighted by Gasteiger charge is -2.01. The third-order valence-corrected chi connectivity index (χ3v) is 5.06. The zero-order valence-electron chi connectivity index (χ0n) is 14.5. The predicted octanol–water partition coefficient (Wildman–Crippen LogP) is 4.90. The number of nitrogens with zero attached hydrogens (tertiary/aromatic N) is 1. The van der Waals surface area contributed by atoms with Crippen LogP contribution >= 0.6 is 11.3 Å². The van der Waals surface area contributed by atoms with E-state index in [0.717, 1.165) is 21.5 Å². The van der Waals surface area contributed by atoms with E-state index in [9.17, 15) is 9.59 Å². The summed E-state index contributed by atoms with van der Waals surface area (Å²) >= 11 is 1.35. The molecule has 0 aliphatic rings. The summed E-state index contributed by atoms with van der Waals surface area (Å²) in [6.07, 6.45) is 0. The van der Waals surface area contributed by atoms with Crippen LogP contribution in [-0.2, 0) is 4.74 Å². The van der Waals surface area contributed by atoms with Crippen LogP contribution < -0.4 is 0 Å². The van der Waals surface area contributed by atoms with Gasteiger partial charge in [0.15, 0.2) is 18.1 Å². The first-order chi connectivity index (χ1) is 13.1. The molecule has 0 fully saturated rings. The molecule has 5 nitrogen and oxygen atoms in total. The molecule has 134 valence electrons. The van der Waals surface area contributed by atoms with E-state index in [-0.39, 0.29) is 17.2 Å². The fourth-order valence-corrected chi connectivity index (χ4v) is 3.59. The highest BCUT2D eigenvalue weighted by molar-refractivity contribution is 7.13. The average Bonchev–Trinajstić information content (AvgIpc) is 3.32. The molecule has 4 aromatic rings. The van der Waals surface area contributed by atoms with E-state index in [4.69, 9.17) is 9.15 Å². The van der Waals surface area contributed by atoms with Crippen molar-refractivity contribution in [2.75, 3.05) is 6.61 Å². The van der Waals surface area contributed by atoms with E-state index in [1.807, 2.05) is 55.5 Å². The summed E-state index contributed by atoms with van der Waals surface area (Å²) in [5.74, 6) is -0.793. The number of benzene rings is 2. The van der Waals surface area contributed by atoms with Gasteiger partial charge in [0.1, 0.15) is 10.6 Å². The van der Waals surface area contributed by atoms with Crippen molar-refractivity contribution in [2.45, 2.75) is 6.92 Å². The van der Waals surface area contributed by atoms with E-state index in [1.165, 1.54) is 11.3 Å². The highest BCUT2D eigenvalue weighted by atomic mass is 32.1. The molecule has 2 aromatic carbocycles. The van der Waals surface area contributed by atoms with Gasteiger partial charge in [-0.15, -0.1) is 11.3 Å². The molecule has 6 heteroatoms. The lowest BCUT2D eigenvalue weighted by molar-refractivity contribution is 0.0463. The predicted molar refractivity (Wildman–Crippen MR) is 103 cm³/mol. The van der Waals surface area contributed by atoms with Gasteiger partial charge in [-0.1, -0.05) is 48.5 Å². The van der Waals surface area contributed by atoms with Crippen LogP contribution in [0.1, 0.15) is 26.6 Å². The van der Waals surface area contributed by atoms with Gasteiger partial charge in [0.25, 0.3) is 0 Å². The summed E-state index contributed by atoms with van der Waals surface area (Å²) in [6.45, 7) is 1.42. The number of aryl methyl sites for hydroxylation is 1. The third kappa shape index (κ3) is 3.39. The monoisotopic (exact) mass is 377 g/mol. The van der Waals surface area contributed by atoms with E-state index >= 15 is 0 Å². The minimum absolute atomic E-state index is 0.188. The molecule has 0 saturated heterocycles. The van der Waals surface area contributed by atoms with Crippen molar-refractivity contribution in [2.24, 2.45) is 0 Å². The number of carbonyl (C=O) groups is 2. The molecule has 0 aliphatic carbocycles. The van der Waals surface area contributed by atoms with Crippen LogP contribution in [0.25, 0.3) is 21.5 Å². The largest absolute Gasteiger partial charge is 0.453 e. The molecule has 27 heavy (non-hydrogen) atoms. The Balaban J connectivity index is 1.45. The van der Waals surface area contributed by atoms with Crippen LogP contribution in [0.5, 0.6) is 0 Å². The van der Waals surface area contributed by atoms with Gasteiger partial charge in [-0.2, -0.15) is 0 Å². The van der Waals surface area contributed by atoms with Gasteiger partial charge < -0.3 is 9.15 Å². The van der Waals surface area contributed by atoms with E-state index in [2.05, 4.69) is 4.98 Å². The number of rotatable bonds is 5. The quantitative estimate of drug-likeness (QED) is 0.365. The first-order valence-corrected chi connectivity index (χ1v) is 9.21. The first kappa shape index (κ1) is 17.2. The molecule has 0 radical (unpaired) electrons. The molecule has 0 atom stereocenters. The van der Waals surface area contributed by atoms with Crippen LogP contribution in [0.15, 0.2) is 64.4 Å². The SMILES string of the molecule is Cc1c(C(=O)COC(=O)c2csc(-c3ccccc3)n2)oc2ccccc12. The topological polar surface area (TPSA) is 69.4 Å². The van der Waals surface area contributed by atoms with Gasteiger partial charge in [-0.25, -0.2) is 9.78 Å². The fraction of sp³-hybridized carbons (Fsp3) is 0.0952. The number of Topliss-reactive ketones (excluding diaryl/α,β-unsaturated/α-hetero) is 1. The number of hydrogen-bond acceptors (Lipinski definition) is 6. The van der Waals surface area contributed by atoms with Crippen LogP contribution in [0, 0.1) is 6.92 Å². The smallest absolute Gasteiger partial charge is 0.358 e. The van der Waals surface area contributed by atoms with Gasteiger partial charge in [0.2, 0.25) is 5.78 Å². The average molecular weight is 377 g/mol. The Kier molecular flexibility index (Phi) is 4.56. The number of hydrogen-bond donors (Lipinski definition) is 0. The third-order valence-electron chi connectivity index (χ3n) is 4.17. The lowest BCUT2D eigenvalue weighted by Crippen LogP contribution is -2.14. The van der Waals surface area contributed by atoms with Crippen molar-refractivity contribution in [3.8, 4) is 10.6 Å². The van der Waals surface area contributed by atoms with E-state index < -0.39 is 12.6 Å². The summed E-state index contributed by atoms with van der Waals surface area (Å²) in [5.41, 5.74) is 2.49. The number of fused-ring (bicyclic) bond motifs is 1. The molecule has 0 amide bonds. The Labute approximate surface area is 159 Å². The van der Waals surface area contributed by atoms with Crippen molar-refractivity contribution in [1.29, 1.82) is 0 Å². The Hall–Kier alpha value is -3.25. The maximum absolute atomic E-state index is 12.4. The molecule has 2 heterocycles. The molecule has 0 spiro atoms. The Morgan fingerprint density at radius 1 is 1.07 bits per heavy atom. The van der Waals surface area contributed by atoms with Crippen LogP contribution in [0.4, 0.5) is 0 Å². The van der Waals surface area contributed by atoms with E-state index in [1.54, 1.807) is 11.4 Å². The second-order valence-corrected chi connectivity index (χ2v) is 6.81. The number of esters is 1. The van der Waals surface area contributed by atoms with Crippen molar-refractivity contribution in [3.63, 3.8) is 0 Å². The zero-order valence-corrected chi connectivity index (χ0v) is 15.3. The van der Waals surface area contributed by atoms with Crippen LogP contribution in [0.3, 0.4) is 0 Å². The number of aromatic nitrogens is 1. The molecule has 4 rings (SSSR count). The van der Waals surface area contributed by atoms with Crippen molar-refractivity contribution >= 4 is 34.1 Å². The van der Waals surface area contributed by atoms with Crippen molar-refractivity contribution in [3.05, 3.63) is 77.0 Å². The molecule has 0 saturated carbocycles. The summed E-state index contributed by atoms with van der Waals surface area (Å²) in [7, 11) is 0. The minimum Gasteiger partial charge on any atom is -0.453 e. The fourth-order valence-electron chi connectivity index (χ4n) is 2.79. The van der Waals surface area contributed by atoms with Crippen molar-refractivity contribution < 1.29 is 18.7 Å². The van der Waals surface area contributed by atoms with Crippen LogP contribution in [0.2, 0.25) is 0 Å². The standard InChI is InChI=1S/C21H15NO4S/c1-13-15-9-5-6-10-18(15)26-19(13)17(23)11-25-21(24)16-12-27-20(22-16)14-7-3-2-4-8-14/h2-10,12H,11H2,1H3. The van der Waals surface area contributed by atoms with Crippen LogP contribution in [-0.4, -0.2) is 23.3 Å². The lowest BCUT2D eigenvalue weighted by atomic mass is 10.1. The molecular formula is C21H15NO4S. The number of ether oxygens (including phenoxy) is 1.